The molecule has 0 heterocycles. The lowest BCUT2D eigenvalue weighted by molar-refractivity contribution is 0.0723. The van der Waals surface area contributed by atoms with Crippen molar-refractivity contribution in [3.8, 4) is 0 Å². The van der Waals surface area contributed by atoms with Gasteiger partial charge in [0.25, 0.3) is 0 Å². The van der Waals surface area contributed by atoms with E-state index in [1.807, 2.05) is 62.3 Å². The molecule has 0 aliphatic carbocycles. The molecule has 0 saturated carbocycles. The first kappa shape index (κ1) is 34.5. The molecule has 0 atom stereocenters. The molecule has 206 valence electrons. The molecule has 0 radical (unpaired) electrons. The van der Waals surface area contributed by atoms with Gasteiger partial charge >= 0.3 is 26.4 Å². The van der Waals surface area contributed by atoms with E-state index in [2.05, 4.69) is 0 Å². The molecular formula is C21H52O9Si4. The maximum absolute atomic E-state index is 6.24. The summed E-state index contributed by atoms with van der Waals surface area (Å²) in [5.41, 5.74) is 2.14. The molecule has 9 nitrogen and oxygen atoms in total. The molecular weight excluding hydrogens is 509 g/mol. The van der Waals surface area contributed by atoms with Gasteiger partial charge in [0.1, 0.15) is 0 Å². The lowest BCUT2D eigenvalue weighted by atomic mass is 10.9. The first-order valence-electron chi connectivity index (χ1n) is 13.1. The van der Waals surface area contributed by atoms with Crippen LogP contribution in [-0.2, 0) is 39.8 Å². The van der Waals surface area contributed by atoms with Crippen molar-refractivity contribution in [3.63, 3.8) is 0 Å². The third-order valence-electron chi connectivity index (χ3n) is 4.89. The second kappa shape index (κ2) is 19.6. The van der Waals surface area contributed by atoms with E-state index < -0.39 is 35.2 Å². The maximum Gasteiger partial charge on any atom is 0.497 e. The first-order chi connectivity index (χ1) is 16.3. The van der Waals surface area contributed by atoms with E-state index in [1.165, 1.54) is 0 Å². The molecule has 0 N–H and O–H groups in total. The average Bonchev–Trinajstić information content (AvgIpc) is 2.75. The Labute approximate surface area is 213 Å². The van der Waals surface area contributed by atoms with Crippen molar-refractivity contribution < 1.29 is 39.8 Å². The van der Waals surface area contributed by atoms with Crippen molar-refractivity contribution >= 4 is 35.2 Å². The van der Waals surface area contributed by atoms with Gasteiger partial charge in [-0.05, 0) is 62.3 Å². The Balaban J connectivity index is 6.41. The SMILES string of the molecule is CCO[Si](C[SiH](C[Si](OCC)(OCC)OCC)C[Si](OCC)(OCC)OCC)(OCC)OCC. The maximum atomic E-state index is 6.24. The van der Waals surface area contributed by atoms with Crippen LogP contribution in [-0.4, -0.2) is 94.7 Å². The fourth-order valence-corrected chi connectivity index (χ4v) is 27.2. The smallest absolute Gasteiger partial charge is 0.374 e. The molecule has 0 rings (SSSR count). The normalized spacial score (nSPS) is 13.2. The van der Waals surface area contributed by atoms with Crippen LogP contribution >= 0.6 is 0 Å². The highest BCUT2D eigenvalue weighted by atomic mass is 28.5. The molecule has 0 unspecified atom stereocenters. The topological polar surface area (TPSA) is 83.1 Å². The Morgan fingerprint density at radius 2 is 0.471 bits per heavy atom. The molecule has 0 aromatic carbocycles. The predicted octanol–water partition coefficient (Wildman–Crippen LogP) is 3.98. The van der Waals surface area contributed by atoms with Crippen LogP contribution in [0.25, 0.3) is 0 Å². The van der Waals surface area contributed by atoms with Gasteiger partial charge in [-0.15, -0.1) is 0 Å². The quantitative estimate of drug-likeness (QED) is 0.163. The van der Waals surface area contributed by atoms with Gasteiger partial charge in [0.2, 0.25) is 0 Å². The van der Waals surface area contributed by atoms with Crippen LogP contribution in [0, 0.1) is 0 Å². The summed E-state index contributed by atoms with van der Waals surface area (Å²) in [6.45, 7) is 22.6. The summed E-state index contributed by atoms with van der Waals surface area (Å²) in [4.78, 5) is 0. The van der Waals surface area contributed by atoms with Crippen LogP contribution in [0.4, 0.5) is 0 Å². The van der Waals surface area contributed by atoms with Gasteiger partial charge in [-0.25, -0.2) is 0 Å². The molecule has 0 spiro atoms. The van der Waals surface area contributed by atoms with Gasteiger partial charge in [0.05, 0.1) is 8.80 Å². The first-order valence-corrected chi connectivity index (χ1v) is 21.3. The molecule has 0 amide bonds. The van der Waals surface area contributed by atoms with Gasteiger partial charge in [-0.1, -0.05) is 0 Å². The third kappa shape index (κ3) is 12.2. The Hall–Kier alpha value is 0.508. The third-order valence-corrected chi connectivity index (χ3v) is 24.4. The van der Waals surface area contributed by atoms with E-state index in [0.29, 0.717) is 76.5 Å². The van der Waals surface area contributed by atoms with Crippen molar-refractivity contribution in [1.29, 1.82) is 0 Å². The van der Waals surface area contributed by atoms with Gasteiger partial charge in [-0.2, -0.15) is 0 Å². The molecule has 0 fully saturated rings. The zero-order chi connectivity index (χ0) is 25.9. The molecule has 0 aromatic rings. The highest BCUT2D eigenvalue weighted by Gasteiger charge is 2.53. The van der Waals surface area contributed by atoms with Gasteiger partial charge < -0.3 is 39.8 Å². The fourth-order valence-electron chi connectivity index (χ4n) is 4.16. The summed E-state index contributed by atoms with van der Waals surface area (Å²) in [5, 5.41) is 0. The molecule has 0 saturated heterocycles. The minimum Gasteiger partial charge on any atom is -0.374 e. The van der Waals surface area contributed by atoms with Crippen LogP contribution in [0.1, 0.15) is 62.3 Å². The Morgan fingerprint density at radius 1 is 0.324 bits per heavy atom. The largest absolute Gasteiger partial charge is 0.497 e. The lowest BCUT2D eigenvalue weighted by Gasteiger charge is -2.37. The molecule has 0 bridgehead atoms. The second-order valence-corrected chi connectivity index (χ2v) is 20.8. The Kier molecular flexibility index (Phi) is 19.9. The van der Waals surface area contributed by atoms with Crippen molar-refractivity contribution in [2.24, 2.45) is 0 Å². The zero-order valence-electron chi connectivity index (χ0n) is 23.2. The fraction of sp³-hybridized carbons (Fsp3) is 1.00. The minimum absolute atomic E-state index is 0.531. The van der Waals surface area contributed by atoms with E-state index in [1.54, 1.807) is 0 Å². The Morgan fingerprint density at radius 3 is 0.588 bits per heavy atom. The summed E-state index contributed by atoms with van der Waals surface area (Å²) in [6, 6.07) is 0. The summed E-state index contributed by atoms with van der Waals surface area (Å²) >= 11 is 0. The van der Waals surface area contributed by atoms with Crippen molar-refractivity contribution in [2.75, 3.05) is 59.5 Å². The van der Waals surface area contributed by atoms with Crippen LogP contribution in [0.15, 0.2) is 0 Å². The zero-order valence-corrected chi connectivity index (χ0v) is 27.4. The van der Waals surface area contributed by atoms with Crippen LogP contribution < -0.4 is 0 Å². The minimum atomic E-state index is -2.92. The van der Waals surface area contributed by atoms with Gasteiger partial charge in [0, 0.05) is 76.5 Å². The Bertz CT molecular complexity index is 374. The van der Waals surface area contributed by atoms with Crippen molar-refractivity contribution in [3.05, 3.63) is 0 Å². The summed E-state index contributed by atoms with van der Waals surface area (Å²) in [5.74, 6) is 0. The number of hydrogen-bond acceptors (Lipinski definition) is 9. The summed E-state index contributed by atoms with van der Waals surface area (Å²) in [6.07, 6.45) is 0. The molecule has 0 aliphatic rings. The monoisotopic (exact) mass is 560 g/mol. The number of rotatable bonds is 24. The lowest BCUT2D eigenvalue weighted by Crippen LogP contribution is -2.57. The molecule has 0 aliphatic heterocycles. The second-order valence-electron chi connectivity index (χ2n) is 7.42. The van der Waals surface area contributed by atoms with Crippen LogP contribution in [0.5, 0.6) is 0 Å². The summed E-state index contributed by atoms with van der Waals surface area (Å²) in [7, 11) is -10.6. The molecule has 34 heavy (non-hydrogen) atoms. The van der Waals surface area contributed by atoms with E-state index in [0.717, 1.165) is 0 Å². The summed E-state index contributed by atoms with van der Waals surface area (Å²) < 4.78 is 56.2. The highest BCUT2D eigenvalue weighted by molar-refractivity contribution is 6.92. The van der Waals surface area contributed by atoms with E-state index in [4.69, 9.17) is 39.8 Å². The van der Waals surface area contributed by atoms with Crippen molar-refractivity contribution in [2.45, 2.75) is 79.3 Å². The molecule has 13 heteroatoms. The van der Waals surface area contributed by atoms with E-state index in [-0.39, 0.29) is 0 Å². The number of hydrogen-bond donors (Lipinski definition) is 0. The van der Waals surface area contributed by atoms with Crippen LogP contribution in [0.2, 0.25) is 17.0 Å². The van der Waals surface area contributed by atoms with E-state index in [9.17, 15) is 0 Å². The van der Waals surface area contributed by atoms with Gasteiger partial charge in [-0.3, -0.25) is 0 Å². The van der Waals surface area contributed by atoms with Crippen molar-refractivity contribution in [1.82, 2.24) is 0 Å². The van der Waals surface area contributed by atoms with Gasteiger partial charge in [0.15, 0.2) is 0 Å². The average molecular weight is 561 g/mol. The predicted molar refractivity (Wildman–Crippen MR) is 143 cm³/mol. The molecule has 0 aromatic heterocycles. The highest BCUT2D eigenvalue weighted by Crippen LogP contribution is 2.31. The van der Waals surface area contributed by atoms with E-state index >= 15 is 0 Å². The standard InChI is InChI=1S/C21H52O9Si4/c1-10-22-32(23-11-2,24-12-3)19-31(20-33(25-13-4,26-14-5)27-15-6)21-34(28-16-7,29-17-8)30-18-9/h31H,10-21H2,1-9H3. The van der Waals surface area contributed by atoms with Crippen LogP contribution in [0.3, 0.4) is 0 Å².